The number of carbonyl (C=O) groups is 2. The molecule has 0 radical (unpaired) electrons. The number of methoxy groups -OCH3 is 1. The first-order valence-electron chi connectivity index (χ1n) is 22.5. The van der Waals surface area contributed by atoms with E-state index < -0.39 is 11.5 Å². The molecule has 3 aromatic carbocycles. The summed E-state index contributed by atoms with van der Waals surface area (Å²) in [5, 5.41) is 17.8. The van der Waals surface area contributed by atoms with Gasteiger partial charge in [0.25, 0.3) is 0 Å². The van der Waals surface area contributed by atoms with Crippen LogP contribution >= 0.6 is 11.6 Å². The fourth-order valence-corrected chi connectivity index (χ4v) is 10.6. The Bertz CT molecular complexity index is 2400. The van der Waals surface area contributed by atoms with Crippen LogP contribution in [-0.2, 0) is 34.4 Å². The first-order valence-corrected chi connectivity index (χ1v) is 22.9. The standard InChI is InChI=1S/C52H59ClN4O6/c1-34(33-63-46-19-24-54-45-13-4-8-35(2)49(45)46)26-40-28-38-15-17-43(30-44(38)51(40)20-22-52(23-21-51,50(59)60)57-42-12-6-11-41(53)29-42)62-25-7-14-47(58)55-31-36-9-5-10-37(27-36)39-16-18-48(61-3)56-32-39/h5-6,9-12,15-19,24,27,29-30,32,34-35,40,57H,4,7-8,13-14,20-23,25-26,28,31,33H2,1-3H3,(H,55,58)(H,59,60)/t34-,35-,40?,51?,52?/m1/s1. The van der Waals surface area contributed by atoms with E-state index in [0.29, 0.717) is 73.9 Å². The molecule has 3 aliphatic carbocycles. The second-order valence-electron chi connectivity index (χ2n) is 18.0. The molecule has 3 aliphatic rings. The molecule has 0 aliphatic heterocycles. The number of carboxylic acid groups (broad SMARTS) is 1. The van der Waals surface area contributed by atoms with Crippen molar-refractivity contribution in [2.45, 2.75) is 108 Å². The fraction of sp³-hybridized carbons (Fsp3) is 0.423. The van der Waals surface area contributed by atoms with Gasteiger partial charge in [-0.05, 0) is 158 Å². The van der Waals surface area contributed by atoms with Gasteiger partial charge < -0.3 is 30.0 Å². The smallest absolute Gasteiger partial charge is 0.329 e. The molecule has 0 bridgehead atoms. The van der Waals surface area contributed by atoms with Gasteiger partial charge in [0.15, 0.2) is 0 Å². The number of fused-ring (bicyclic) bond motifs is 3. The highest BCUT2D eigenvalue weighted by atomic mass is 35.5. The lowest BCUT2D eigenvalue weighted by Gasteiger charge is -2.47. The minimum atomic E-state index is -1.11. The summed E-state index contributed by atoms with van der Waals surface area (Å²) in [7, 11) is 1.60. The summed E-state index contributed by atoms with van der Waals surface area (Å²) in [5.74, 6) is 2.45. The SMILES string of the molecule is COc1ccc(-c2cccc(CNC(=O)CCCOc3ccc4c(c3)C3(CCC(Nc5cccc(Cl)c5)(C(=O)O)CC3)C(C[C@@H](C)COc3ccnc5c3[C@H](C)CCC5)C4)c2)cn1. The topological polar surface area (TPSA) is 132 Å². The number of benzene rings is 3. The predicted molar refractivity (Wildman–Crippen MR) is 247 cm³/mol. The molecule has 11 heteroatoms. The molecule has 1 fully saturated rings. The normalized spacial score (nSPS) is 21.8. The monoisotopic (exact) mass is 870 g/mol. The van der Waals surface area contributed by atoms with Crippen molar-refractivity contribution in [2.24, 2.45) is 11.8 Å². The molecule has 10 nitrogen and oxygen atoms in total. The summed E-state index contributed by atoms with van der Waals surface area (Å²) in [6, 6.07) is 27.7. The first kappa shape index (κ1) is 44.0. The van der Waals surface area contributed by atoms with Crippen LogP contribution in [-0.4, -0.2) is 52.8 Å². The zero-order valence-corrected chi connectivity index (χ0v) is 37.4. The molecule has 3 atom stereocenters. The maximum Gasteiger partial charge on any atom is 0.329 e. The van der Waals surface area contributed by atoms with Gasteiger partial charge in [-0.2, -0.15) is 0 Å². The summed E-state index contributed by atoms with van der Waals surface area (Å²) < 4.78 is 18.1. The summed E-state index contributed by atoms with van der Waals surface area (Å²) in [4.78, 5) is 35.0. The largest absolute Gasteiger partial charge is 0.494 e. The molecule has 0 saturated heterocycles. The molecular formula is C52H59ClN4O6. The number of anilines is 1. The summed E-state index contributed by atoms with van der Waals surface area (Å²) >= 11 is 6.32. The molecular weight excluding hydrogens is 812 g/mol. The minimum Gasteiger partial charge on any atom is -0.494 e. The number of amides is 1. The maximum absolute atomic E-state index is 13.1. The van der Waals surface area contributed by atoms with Gasteiger partial charge >= 0.3 is 5.97 Å². The predicted octanol–water partition coefficient (Wildman–Crippen LogP) is 10.7. The van der Waals surface area contributed by atoms with Crippen molar-refractivity contribution >= 4 is 29.2 Å². The number of nitrogens with zero attached hydrogens (tertiary/aromatic N) is 2. The Morgan fingerprint density at radius 1 is 0.952 bits per heavy atom. The highest BCUT2D eigenvalue weighted by molar-refractivity contribution is 6.30. The molecule has 3 N–H and O–H groups in total. The Kier molecular flexibility index (Phi) is 13.6. The number of aromatic nitrogens is 2. The Balaban J connectivity index is 0.921. The number of rotatable bonds is 17. The fourth-order valence-electron chi connectivity index (χ4n) is 10.4. The van der Waals surface area contributed by atoms with Crippen LogP contribution in [0.2, 0.25) is 5.02 Å². The van der Waals surface area contributed by atoms with Crippen LogP contribution in [0, 0.1) is 11.8 Å². The number of nitrogens with one attached hydrogen (secondary N) is 2. The average molecular weight is 872 g/mol. The van der Waals surface area contributed by atoms with Gasteiger partial charge in [-0.15, -0.1) is 0 Å². The van der Waals surface area contributed by atoms with Crippen molar-refractivity contribution in [3.05, 3.63) is 130 Å². The van der Waals surface area contributed by atoms with Gasteiger partial charge in [0.2, 0.25) is 11.8 Å². The van der Waals surface area contributed by atoms with Crippen LogP contribution in [0.1, 0.15) is 106 Å². The van der Waals surface area contributed by atoms with Crippen LogP contribution in [0.15, 0.2) is 97.3 Å². The van der Waals surface area contributed by atoms with E-state index in [1.54, 1.807) is 25.4 Å². The van der Waals surface area contributed by atoms with Crippen LogP contribution < -0.4 is 24.8 Å². The van der Waals surface area contributed by atoms with E-state index >= 15 is 0 Å². The molecule has 2 heterocycles. The number of pyridine rings is 2. The lowest BCUT2D eigenvalue weighted by atomic mass is 9.59. The Morgan fingerprint density at radius 3 is 2.57 bits per heavy atom. The second-order valence-corrected chi connectivity index (χ2v) is 18.5. The molecule has 2 aromatic heterocycles. The van der Waals surface area contributed by atoms with E-state index in [0.717, 1.165) is 73.1 Å². The molecule has 63 heavy (non-hydrogen) atoms. The van der Waals surface area contributed by atoms with Crippen LogP contribution in [0.5, 0.6) is 17.4 Å². The zero-order chi connectivity index (χ0) is 44.0. The van der Waals surface area contributed by atoms with E-state index in [4.69, 9.17) is 25.8 Å². The van der Waals surface area contributed by atoms with Crippen molar-refractivity contribution in [3.8, 4) is 28.5 Å². The molecule has 1 saturated carbocycles. The van der Waals surface area contributed by atoms with Crippen LogP contribution in [0.25, 0.3) is 11.1 Å². The number of halogens is 1. The number of hydrogen-bond donors (Lipinski definition) is 3. The van der Waals surface area contributed by atoms with Crippen molar-refractivity contribution < 1.29 is 28.9 Å². The molecule has 1 amide bonds. The number of carbonyl (C=O) groups excluding carboxylic acids is 1. The van der Waals surface area contributed by atoms with Crippen molar-refractivity contribution in [1.82, 2.24) is 15.3 Å². The van der Waals surface area contributed by atoms with E-state index in [1.807, 2.05) is 60.8 Å². The van der Waals surface area contributed by atoms with Gasteiger partial charge in [0.1, 0.15) is 17.0 Å². The van der Waals surface area contributed by atoms with Gasteiger partial charge in [-0.3, -0.25) is 9.78 Å². The number of ether oxygens (including phenoxy) is 3. The maximum atomic E-state index is 13.1. The van der Waals surface area contributed by atoms with E-state index in [2.05, 4.69) is 52.6 Å². The number of aliphatic carboxylic acids is 1. The number of hydrogen-bond acceptors (Lipinski definition) is 8. The Labute approximate surface area is 376 Å². The Hall–Kier alpha value is -5.61. The van der Waals surface area contributed by atoms with Crippen LogP contribution in [0.4, 0.5) is 5.69 Å². The molecule has 8 rings (SSSR count). The van der Waals surface area contributed by atoms with Gasteiger partial charge in [0, 0.05) is 59.0 Å². The summed E-state index contributed by atoms with van der Waals surface area (Å²) in [6.45, 7) is 5.99. The lowest BCUT2D eigenvalue weighted by Crippen LogP contribution is -2.53. The summed E-state index contributed by atoms with van der Waals surface area (Å²) in [5.41, 5.74) is 7.39. The summed E-state index contributed by atoms with van der Waals surface area (Å²) in [6.07, 6.45) is 12.1. The lowest BCUT2D eigenvalue weighted by molar-refractivity contribution is -0.144. The van der Waals surface area contributed by atoms with E-state index in [9.17, 15) is 14.7 Å². The van der Waals surface area contributed by atoms with E-state index in [-0.39, 0.29) is 17.2 Å². The van der Waals surface area contributed by atoms with Gasteiger partial charge in [-0.1, -0.05) is 55.8 Å². The van der Waals surface area contributed by atoms with Gasteiger partial charge in [-0.25, -0.2) is 9.78 Å². The second kappa shape index (κ2) is 19.4. The van der Waals surface area contributed by atoms with Crippen molar-refractivity contribution in [3.63, 3.8) is 0 Å². The molecule has 1 spiro atoms. The quantitative estimate of drug-likeness (QED) is 0.0781. The average Bonchev–Trinajstić information content (AvgIpc) is 3.58. The zero-order valence-electron chi connectivity index (χ0n) is 36.6. The van der Waals surface area contributed by atoms with E-state index in [1.165, 1.54) is 22.4 Å². The number of aryl methyl sites for hydroxylation is 1. The van der Waals surface area contributed by atoms with Crippen molar-refractivity contribution in [1.29, 1.82) is 0 Å². The first-order chi connectivity index (χ1) is 30.5. The third-order valence-corrected chi connectivity index (χ3v) is 14.0. The van der Waals surface area contributed by atoms with Crippen molar-refractivity contribution in [2.75, 3.05) is 25.6 Å². The third kappa shape index (κ3) is 9.96. The molecule has 1 unspecified atom stereocenters. The third-order valence-electron chi connectivity index (χ3n) is 13.8. The molecule has 5 aromatic rings. The highest BCUT2D eigenvalue weighted by Crippen LogP contribution is 2.57. The van der Waals surface area contributed by atoms with Crippen LogP contribution in [0.3, 0.4) is 0 Å². The highest BCUT2D eigenvalue weighted by Gasteiger charge is 2.54. The molecule has 330 valence electrons. The Morgan fingerprint density at radius 2 is 1.79 bits per heavy atom. The number of carboxylic acids is 1. The minimum absolute atomic E-state index is 0.0298. The van der Waals surface area contributed by atoms with Gasteiger partial charge in [0.05, 0.1) is 20.3 Å².